The number of phenols is 1. The average molecular weight is 251 g/mol. The lowest BCUT2D eigenvalue weighted by atomic mass is 9.86. The third kappa shape index (κ3) is 3.22. The summed E-state index contributed by atoms with van der Waals surface area (Å²) in [6, 6.07) is 4.17. The van der Waals surface area contributed by atoms with Gasteiger partial charge in [-0.25, -0.2) is 4.39 Å². The van der Waals surface area contributed by atoms with Crippen LogP contribution in [-0.4, -0.2) is 23.1 Å². The number of hydrogen-bond donors (Lipinski definition) is 1. The number of phenolic OH excluding ortho intramolecular Hbond substituents is 1. The van der Waals surface area contributed by atoms with Crippen molar-refractivity contribution in [3.63, 3.8) is 0 Å². The quantitative estimate of drug-likeness (QED) is 0.890. The fourth-order valence-electron chi connectivity index (χ4n) is 2.70. The van der Waals surface area contributed by atoms with E-state index in [0.29, 0.717) is 12.1 Å². The Labute approximate surface area is 108 Å². The normalized spacial score (nSPS) is 18.4. The summed E-state index contributed by atoms with van der Waals surface area (Å²) < 4.78 is 13.1. The van der Waals surface area contributed by atoms with Gasteiger partial charge in [-0.3, -0.25) is 4.90 Å². The van der Waals surface area contributed by atoms with Gasteiger partial charge in [0, 0.05) is 12.1 Å². The Kier molecular flexibility index (Phi) is 4.23. The summed E-state index contributed by atoms with van der Waals surface area (Å²) in [5, 5.41) is 9.71. The maximum Gasteiger partial charge on any atom is 0.123 e. The van der Waals surface area contributed by atoms with Crippen molar-refractivity contribution in [3.05, 3.63) is 29.6 Å². The summed E-state index contributed by atoms with van der Waals surface area (Å²) in [5.74, 6) is 1.47. The number of aromatic hydroxyl groups is 1. The molecule has 2 nitrogen and oxygen atoms in total. The lowest BCUT2D eigenvalue weighted by Gasteiger charge is -2.33. The van der Waals surface area contributed by atoms with Gasteiger partial charge >= 0.3 is 0 Å². The highest BCUT2D eigenvalue weighted by Gasteiger charge is 2.22. The third-order valence-electron chi connectivity index (χ3n) is 4.01. The molecule has 1 aliphatic rings. The van der Waals surface area contributed by atoms with Crippen molar-refractivity contribution in [2.24, 2.45) is 11.8 Å². The number of halogens is 1. The molecule has 0 radical (unpaired) electrons. The third-order valence-corrected chi connectivity index (χ3v) is 4.01. The van der Waals surface area contributed by atoms with Crippen LogP contribution in [0.4, 0.5) is 4.39 Å². The second-order valence-electron chi connectivity index (χ2n) is 5.63. The molecular weight excluding hydrogens is 229 g/mol. The predicted octanol–water partition coefficient (Wildman–Crippen LogP) is 3.40. The van der Waals surface area contributed by atoms with E-state index in [2.05, 4.69) is 18.7 Å². The van der Waals surface area contributed by atoms with Crippen LogP contribution < -0.4 is 0 Å². The van der Waals surface area contributed by atoms with Gasteiger partial charge in [0.25, 0.3) is 0 Å². The van der Waals surface area contributed by atoms with Crippen LogP contribution in [0, 0.1) is 17.7 Å². The summed E-state index contributed by atoms with van der Waals surface area (Å²) in [6.07, 6.45) is 2.40. The zero-order valence-corrected chi connectivity index (χ0v) is 11.2. The minimum atomic E-state index is -0.278. The van der Waals surface area contributed by atoms with Gasteiger partial charge in [-0.15, -0.1) is 0 Å². The van der Waals surface area contributed by atoms with Crippen molar-refractivity contribution >= 4 is 0 Å². The molecule has 1 heterocycles. The van der Waals surface area contributed by atoms with E-state index in [1.807, 2.05) is 0 Å². The van der Waals surface area contributed by atoms with Gasteiger partial charge in [0.1, 0.15) is 11.6 Å². The first-order valence-electron chi connectivity index (χ1n) is 6.76. The van der Waals surface area contributed by atoms with E-state index in [-0.39, 0.29) is 11.6 Å². The van der Waals surface area contributed by atoms with E-state index in [9.17, 15) is 9.50 Å². The summed E-state index contributed by atoms with van der Waals surface area (Å²) in [7, 11) is 0. The molecule has 1 aliphatic heterocycles. The summed E-state index contributed by atoms with van der Waals surface area (Å²) in [6.45, 7) is 7.28. The molecule has 1 aromatic carbocycles. The highest BCUT2D eigenvalue weighted by atomic mass is 19.1. The molecule has 0 aliphatic carbocycles. The van der Waals surface area contributed by atoms with E-state index >= 15 is 0 Å². The van der Waals surface area contributed by atoms with Crippen molar-refractivity contribution in [2.45, 2.75) is 33.2 Å². The second kappa shape index (κ2) is 5.70. The molecule has 18 heavy (non-hydrogen) atoms. The molecule has 1 saturated heterocycles. The minimum absolute atomic E-state index is 0.197. The summed E-state index contributed by atoms with van der Waals surface area (Å²) in [4.78, 5) is 2.30. The Morgan fingerprint density at radius 1 is 1.33 bits per heavy atom. The highest BCUT2D eigenvalue weighted by Crippen LogP contribution is 2.27. The molecule has 2 rings (SSSR count). The smallest absolute Gasteiger partial charge is 0.123 e. The first-order chi connectivity index (χ1) is 8.56. The van der Waals surface area contributed by atoms with Crippen LogP contribution in [0.1, 0.15) is 32.3 Å². The molecule has 3 heteroatoms. The monoisotopic (exact) mass is 251 g/mol. The molecule has 0 bridgehead atoms. The molecule has 1 aromatic rings. The van der Waals surface area contributed by atoms with Crippen LogP contribution in [0.5, 0.6) is 5.75 Å². The largest absolute Gasteiger partial charge is 0.508 e. The first-order valence-corrected chi connectivity index (χ1v) is 6.76. The average Bonchev–Trinajstić information content (AvgIpc) is 2.34. The van der Waals surface area contributed by atoms with Crippen LogP contribution in [0.15, 0.2) is 18.2 Å². The number of rotatable bonds is 3. The van der Waals surface area contributed by atoms with Gasteiger partial charge in [0.2, 0.25) is 0 Å². The molecular formula is C15H22FNO. The van der Waals surface area contributed by atoms with Gasteiger partial charge in [-0.1, -0.05) is 13.8 Å². The number of nitrogens with zero attached hydrogens (tertiary/aromatic N) is 1. The van der Waals surface area contributed by atoms with Crippen LogP contribution in [0.25, 0.3) is 0 Å². The van der Waals surface area contributed by atoms with E-state index in [0.717, 1.165) is 24.9 Å². The maximum atomic E-state index is 13.1. The number of piperidine rings is 1. The van der Waals surface area contributed by atoms with Crippen LogP contribution >= 0.6 is 0 Å². The molecule has 1 fully saturated rings. The van der Waals surface area contributed by atoms with E-state index in [1.165, 1.54) is 31.0 Å². The lowest BCUT2D eigenvalue weighted by Crippen LogP contribution is -2.34. The summed E-state index contributed by atoms with van der Waals surface area (Å²) >= 11 is 0. The van der Waals surface area contributed by atoms with Gasteiger partial charge in [-0.2, -0.15) is 0 Å². The van der Waals surface area contributed by atoms with Gasteiger partial charge in [0.15, 0.2) is 0 Å². The molecule has 0 atom stereocenters. The Balaban J connectivity index is 1.93. The second-order valence-corrected chi connectivity index (χ2v) is 5.63. The number of likely N-dealkylation sites (tertiary alicyclic amines) is 1. The van der Waals surface area contributed by atoms with E-state index in [4.69, 9.17) is 0 Å². The molecule has 1 N–H and O–H groups in total. The molecule has 0 spiro atoms. The zero-order valence-electron chi connectivity index (χ0n) is 11.2. The fourth-order valence-corrected chi connectivity index (χ4v) is 2.70. The zero-order chi connectivity index (χ0) is 13.1. The van der Waals surface area contributed by atoms with Crippen molar-refractivity contribution in [1.29, 1.82) is 0 Å². The molecule has 0 aromatic heterocycles. The van der Waals surface area contributed by atoms with Crippen LogP contribution in [0.3, 0.4) is 0 Å². The van der Waals surface area contributed by atoms with Crippen molar-refractivity contribution in [3.8, 4) is 5.75 Å². The molecule has 0 amide bonds. The Hall–Kier alpha value is -1.09. The molecule has 100 valence electrons. The minimum Gasteiger partial charge on any atom is -0.508 e. The van der Waals surface area contributed by atoms with Crippen LogP contribution in [0.2, 0.25) is 0 Å². The number of benzene rings is 1. The first kappa shape index (κ1) is 13.3. The van der Waals surface area contributed by atoms with Crippen molar-refractivity contribution < 1.29 is 9.50 Å². The lowest BCUT2D eigenvalue weighted by molar-refractivity contribution is 0.151. The van der Waals surface area contributed by atoms with E-state index in [1.54, 1.807) is 0 Å². The predicted molar refractivity (Wildman–Crippen MR) is 70.9 cm³/mol. The van der Waals surface area contributed by atoms with Gasteiger partial charge in [-0.05, 0) is 56.0 Å². The summed E-state index contributed by atoms with van der Waals surface area (Å²) in [5.41, 5.74) is 0.693. The Morgan fingerprint density at radius 3 is 2.61 bits per heavy atom. The van der Waals surface area contributed by atoms with Gasteiger partial charge < -0.3 is 5.11 Å². The topological polar surface area (TPSA) is 23.5 Å². The van der Waals surface area contributed by atoms with Gasteiger partial charge in [0.05, 0.1) is 0 Å². The Bertz CT molecular complexity index is 397. The fraction of sp³-hybridized carbons (Fsp3) is 0.600. The van der Waals surface area contributed by atoms with Crippen molar-refractivity contribution in [2.75, 3.05) is 13.1 Å². The SMILES string of the molecule is CC(C)C1CCN(Cc2cc(F)ccc2O)CC1. The number of hydrogen-bond acceptors (Lipinski definition) is 2. The van der Waals surface area contributed by atoms with E-state index < -0.39 is 0 Å². The Morgan fingerprint density at radius 2 is 2.00 bits per heavy atom. The molecule has 0 saturated carbocycles. The molecule has 0 unspecified atom stereocenters. The highest BCUT2D eigenvalue weighted by molar-refractivity contribution is 5.32. The van der Waals surface area contributed by atoms with Crippen molar-refractivity contribution in [1.82, 2.24) is 4.90 Å². The maximum absolute atomic E-state index is 13.1. The standard InChI is InChI=1S/C15H22FNO/c1-11(2)12-5-7-17(8-6-12)10-13-9-14(16)3-4-15(13)18/h3-4,9,11-12,18H,5-8,10H2,1-2H3. The van der Waals surface area contributed by atoms with Crippen LogP contribution in [-0.2, 0) is 6.54 Å².